The summed E-state index contributed by atoms with van der Waals surface area (Å²) in [6.45, 7) is 5.83. The molecule has 0 radical (unpaired) electrons. The zero-order valence-corrected chi connectivity index (χ0v) is 12.7. The van der Waals surface area contributed by atoms with Crippen molar-refractivity contribution < 1.29 is 8.42 Å². The summed E-state index contributed by atoms with van der Waals surface area (Å²) in [6, 6.07) is 6.63. The van der Waals surface area contributed by atoms with Gasteiger partial charge >= 0.3 is 0 Å². The molecule has 1 aromatic rings. The van der Waals surface area contributed by atoms with E-state index in [0.29, 0.717) is 4.90 Å². The molecule has 3 nitrogen and oxygen atoms in total. The van der Waals surface area contributed by atoms with Gasteiger partial charge in [0.2, 0.25) is 10.0 Å². The van der Waals surface area contributed by atoms with Crippen LogP contribution >= 0.6 is 15.9 Å². The Morgan fingerprint density at radius 2 is 1.76 bits per heavy atom. The fourth-order valence-corrected chi connectivity index (χ4v) is 3.42. The van der Waals surface area contributed by atoms with Crippen LogP contribution in [-0.2, 0) is 10.0 Å². The van der Waals surface area contributed by atoms with Gasteiger partial charge in [0.1, 0.15) is 0 Å². The van der Waals surface area contributed by atoms with E-state index in [2.05, 4.69) is 20.7 Å². The summed E-state index contributed by atoms with van der Waals surface area (Å²) < 4.78 is 27.8. The Morgan fingerprint density at radius 3 is 2.24 bits per heavy atom. The number of hydrogen-bond acceptors (Lipinski definition) is 2. The van der Waals surface area contributed by atoms with E-state index < -0.39 is 15.6 Å². The van der Waals surface area contributed by atoms with E-state index in [1.54, 1.807) is 24.3 Å². The number of rotatable bonds is 5. The number of benzene rings is 1. The van der Waals surface area contributed by atoms with E-state index in [1.807, 2.05) is 20.8 Å². The first-order valence-corrected chi connectivity index (χ1v) is 7.84. The molecule has 0 atom stereocenters. The third-order valence-corrected chi connectivity index (χ3v) is 4.65. The Kier molecular flexibility index (Phi) is 4.75. The van der Waals surface area contributed by atoms with E-state index in [4.69, 9.17) is 0 Å². The minimum Gasteiger partial charge on any atom is -0.207 e. The number of sulfonamides is 1. The molecule has 0 saturated heterocycles. The standard InChI is InChI=1S/C12H18BrNO2S/c1-4-9-12(2,3)14-17(15,16)11-7-5-10(13)6-8-11/h5-8,14H,4,9H2,1-3H3. The van der Waals surface area contributed by atoms with E-state index in [-0.39, 0.29) is 0 Å². The van der Waals surface area contributed by atoms with Crippen LogP contribution < -0.4 is 4.72 Å². The van der Waals surface area contributed by atoms with Crippen LogP contribution in [0, 0.1) is 0 Å². The van der Waals surface area contributed by atoms with Gasteiger partial charge in [0, 0.05) is 10.0 Å². The minimum absolute atomic E-state index is 0.296. The van der Waals surface area contributed by atoms with Crippen LogP contribution in [0.3, 0.4) is 0 Å². The normalized spacial score (nSPS) is 12.7. The van der Waals surface area contributed by atoms with Crippen molar-refractivity contribution in [3.8, 4) is 0 Å². The summed E-state index contributed by atoms with van der Waals surface area (Å²) in [5.74, 6) is 0. The lowest BCUT2D eigenvalue weighted by atomic mass is 10.0. The van der Waals surface area contributed by atoms with Crippen LogP contribution in [-0.4, -0.2) is 14.0 Å². The molecule has 0 amide bonds. The second-order valence-electron chi connectivity index (χ2n) is 4.69. The van der Waals surface area contributed by atoms with E-state index in [0.717, 1.165) is 17.3 Å². The smallest absolute Gasteiger partial charge is 0.207 e. The van der Waals surface area contributed by atoms with Crippen LogP contribution in [0.2, 0.25) is 0 Å². The van der Waals surface area contributed by atoms with Crippen LogP contribution in [0.15, 0.2) is 33.6 Å². The molecule has 0 heterocycles. The van der Waals surface area contributed by atoms with Crippen molar-refractivity contribution in [3.63, 3.8) is 0 Å². The zero-order chi connectivity index (χ0) is 13.1. The molecule has 0 saturated carbocycles. The highest BCUT2D eigenvalue weighted by Crippen LogP contribution is 2.18. The molecule has 0 aromatic heterocycles. The lowest BCUT2D eigenvalue weighted by Gasteiger charge is -2.25. The molecule has 5 heteroatoms. The minimum atomic E-state index is -3.43. The topological polar surface area (TPSA) is 46.2 Å². The molecule has 1 aromatic carbocycles. The lowest BCUT2D eigenvalue weighted by molar-refractivity contribution is 0.418. The quantitative estimate of drug-likeness (QED) is 0.905. The molecule has 17 heavy (non-hydrogen) atoms. The molecule has 0 aliphatic rings. The molecule has 96 valence electrons. The van der Waals surface area contributed by atoms with Crippen molar-refractivity contribution in [1.82, 2.24) is 4.72 Å². The SMILES string of the molecule is CCCC(C)(C)NS(=O)(=O)c1ccc(Br)cc1. The summed E-state index contributed by atoms with van der Waals surface area (Å²) in [4.78, 5) is 0.296. The van der Waals surface area contributed by atoms with Gasteiger partial charge in [-0.2, -0.15) is 0 Å². The first-order chi connectivity index (χ1) is 7.77. The number of halogens is 1. The van der Waals surface area contributed by atoms with Gasteiger partial charge in [0.25, 0.3) is 0 Å². The van der Waals surface area contributed by atoms with Crippen molar-refractivity contribution in [2.24, 2.45) is 0 Å². The summed E-state index contributed by atoms with van der Waals surface area (Å²) in [7, 11) is -3.43. The fourth-order valence-electron chi connectivity index (χ4n) is 1.71. The van der Waals surface area contributed by atoms with Gasteiger partial charge in [-0.25, -0.2) is 13.1 Å². The Bertz CT molecular complexity index is 466. The monoisotopic (exact) mass is 319 g/mol. The summed E-state index contributed by atoms with van der Waals surface area (Å²) >= 11 is 3.28. The van der Waals surface area contributed by atoms with Gasteiger partial charge in [-0.3, -0.25) is 0 Å². The lowest BCUT2D eigenvalue weighted by Crippen LogP contribution is -2.43. The largest absolute Gasteiger partial charge is 0.241 e. The van der Waals surface area contributed by atoms with Crippen LogP contribution in [0.4, 0.5) is 0 Å². The van der Waals surface area contributed by atoms with Gasteiger partial charge in [-0.1, -0.05) is 29.3 Å². The predicted octanol–water partition coefficient (Wildman–Crippen LogP) is 3.31. The fraction of sp³-hybridized carbons (Fsp3) is 0.500. The number of nitrogens with one attached hydrogen (secondary N) is 1. The van der Waals surface area contributed by atoms with Crippen molar-refractivity contribution in [3.05, 3.63) is 28.7 Å². The van der Waals surface area contributed by atoms with E-state index >= 15 is 0 Å². The Hall–Kier alpha value is -0.390. The van der Waals surface area contributed by atoms with Gasteiger partial charge in [-0.15, -0.1) is 0 Å². The highest BCUT2D eigenvalue weighted by molar-refractivity contribution is 9.10. The molecule has 0 bridgehead atoms. The summed E-state index contributed by atoms with van der Waals surface area (Å²) in [5.41, 5.74) is -0.416. The molecule has 0 aliphatic heterocycles. The molecule has 1 N–H and O–H groups in total. The van der Waals surface area contributed by atoms with Crippen LogP contribution in [0.1, 0.15) is 33.6 Å². The number of hydrogen-bond donors (Lipinski definition) is 1. The summed E-state index contributed by atoms with van der Waals surface area (Å²) in [6.07, 6.45) is 1.75. The predicted molar refractivity (Wildman–Crippen MR) is 73.5 cm³/mol. The highest BCUT2D eigenvalue weighted by atomic mass is 79.9. The molecule has 0 spiro atoms. The van der Waals surface area contributed by atoms with Gasteiger partial charge in [-0.05, 0) is 44.5 Å². The Balaban J connectivity index is 2.93. The molecule has 0 fully saturated rings. The van der Waals surface area contributed by atoms with Crippen LogP contribution in [0.25, 0.3) is 0 Å². The zero-order valence-electron chi connectivity index (χ0n) is 10.3. The maximum Gasteiger partial charge on any atom is 0.241 e. The second kappa shape index (κ2) is 5.50. The molecular weight excluding hydrogens is 302 g/mol. The van der Waals surface area contributed by atoms with Crippen molar-refractivity contribution in [2.75, 3.05) is 0 Å². The Labute approximate surface area is 112 Å². The van der Waals surface area contributed by atoms with Crippen molar-refractivity contribution >= 4 is 26.0 Å². The molecule has 0 aliphatic carbocycles. The van der Waals surface area contributed by atoms with Crippen LogP contribution in [0.5, 0.6) is 0 Å². The molecule has 1 rings (SSSR count). The third-order valence-electron chi connectivity index (χ3n) is 2.41. The van der Waals surface area contributed by atoms with Gasteiger partial charge in [0.05, 0.1) is 4.90 Å². The van der Waals surface area contributed by atoms with Gasteiger partial charge in [0.15, 0.2) is 0 Å². The van der Waals surface area contributed by atoms with Crippen molar-refractivity contribution in [2.45, 2.75) is 44.0 Å². The first-order valence-electron chi connectivity index (χ1n) is 5.56. The maximum absolute atomic E-state index is 12.1. The molecular formula is C12H18BrNO2S. The summed E-state index contributed by atoms with van der Waals surface area (Å²) in [5, 5.41) is 0. The van der Waals surface area contributed by atoms with E-state index in [9.17, 15) is 8.42 Å². The average Bonchev–Trinajstić information content (AvgIpc) is 2.16. The average molecular weight is 320 g/mol. The second-order valence-corrected chi connectivity index (χ2v) is 7.29. The highest BCUT2D eigenvalue weighted by Gasteiger charge is 2.25. The molecule has 0 unspecified atom stereocenters. The van der Waals surface area contributed by atoms with E-state index in [1.165, 1.54) is 0 Å². The van der Waals surface area contributed by atoms with Gasteiger partial charge < -0.3 is 0 Å². The first kappa shape index (κ1) is 14.7. The Morgan fingerprint density at radius 1 is 1.24 bits per heavy atom. The van der Waals surface area contributed by atoms with Crippen molar-refractivity contribution in [1.29, 1.82) is 0 Å². The maximum atomic E-state index is 12.1. The third kappa shape index (κ3) is 4.41.